The molecule has 0 spiro atoms. The lowest BCUT2D eigenvalue weighted by Crippen LogP contribution is -2.54. The summed E-state index contributed by atoms with van der Waals surface area (Å²) in [6.45, 7) is 0.428. The van der Waals surface area contributed by atoms with Gasteiger partial charge in [0.1, 0.15) is 23.7 Å². The van der Waals surface area contributed by atoms with Crippen molar-refractivity contribution in [2.45, 2.75) is 6.61 Å². The first-order chi connectivity index (χ1) is 15.0. The van der Waals surface area contributed by atoms with E-state index < -0.39 is 17.6 Å². The highest BCUT2D eigenvalue weighted by Gasteiger charge is 2.35. The molecule has 1 heterocycles. The van der Waals surface area contributed by atoms with Gasteiger partial charge in [0, 0.05) is 0 Å². The SMILES string of the molecule is O=C1NC(=S)N(c2ccccc2F)C(=O)/C1=C/c1ccc(OCc2ccccc2)cc1. The molecule has 7 heteroatoms. The van der Waals surface area contributed by atoms with E-state index in [4.69, 9.17) is 17.0 Å². The molecule has 0 unspecified atom stereocenters. The van der Waals surface area contributed by atoms with E-state index in [0.717, 1.165) is 10.5 Å². The third kappa shape index (κ3) is 4.51. The number of benzene rings is 3. The number of anilines is 1. The van der Waals surface area contributed by atoms with Crippen molar-refractivity contribution >= 4 is 40.9 Å². The molecule has 5 nitrogen and oxygen atoms in total. The van der Waals surface area contributed by atoms with E-state index in [1.165, 1.54) is 24.3 Å². The molecule has 1 N–H and O–H groups in total. The van der Waals surface area contributed by atoms with Crippen molar-refractivity contribution in [3.05, 3.63) is 101 Å². The number of hydrogen-bond acceptors (Lipinski definition) is 4. The van der Waals surface area contributed by atoms with Gasteiger partial charge < -0.3 is 4.74 Å². The fourth-order valence-electron chi connectivity index (χ4n) is 3.08. The van der Waals surface area contributed by atoms with Crippen LogP contribution in [0.25, 0.3) is 6.08 Å². The first-order valence-electron chi connectivity index (χ1n) is 9.46. The highest BCUT2D eigenvalue weighted by Crippen LogP contribution is 2.25. The van der Waals surface area contributed by atoms with Crippen molar-refractivity contribution in [1.82, 2.24) is 5.32 Å². The van der Waals surface area contributed by atoms with E-state index in [1.54, 1.807) is 30.3 Å². The predicted octanol–water partition coefficient (Wildman–Crippen LogP) is 4.24. The Morgan fingerprint density at radius 1 is 0.935 bits per heavy atom. The number of para-hydroxylation sites is 1. The van der Waals surface area contributed by atoms with Gasteiger partial charge in [0.25, 0.3) is 11.8 Å². The monoisotopic (exact) mass is 432 g/mol. The molecular weight excluding hydrogens is 415 g/mol. The molecule has 0 radical (unpaired) electrons. The Hall–Kier alpha value is -3.84. The van der Waals surface area contributed by atoms with Crippen molar-refractivity contribution in [2.24, 2.45) is 0 Å². The van der Waals surface area contributed by atoms with Gasteiger partial charge in [-0.15, -0.1) is 0 Å². The molecule has 3 aromatic carbocycles. The molecule has 0 bridgehead atoms. The molecule has 0 atom stereocenters. The molecule has 1 aliphatic heterocycles. The Bertz CT molecular complexity index is 1180. The van der Waals surface area contributed by atoms with Crippen LogP contribution in [-0.2, 0) is 16.2 Å². The number of nitrogens with zero attached hydrogens (tertiary/aromatic N) is 1. The molecule has 1 fully saturated rings. The van der Waals surface area contributed by atoms with Crippen LogP contribution < -0.4 is 15.0 Å². The first-order valence-corrected chi connectivity index (χ1v) is 9.86. The Morgan fingerprint density at radius 3 is 2.32 bits per heavy atom. The Labute approximate surface area is 183 Å². The van der Waals surface area contributed by atoms with Gasteiger partial charge in [-0.1, -0.05) is 54.6 Å². The zero-order valence-corrected chi connectivity index (χ0v) is 17.1. The maximum absolute atomic E-state index is 14.2. The van der Waals surface area contributed by atoms with E-state index in [9.17, 15) is 14.0 Å². The second kappa shape index (κ2) is 8.89. The minimum atomic E-state index is -0.691. The maximum Gasteiger partial charge on any atom is 0.270 e. The predicted molar refractivity (Wildman–Crippen MR) is 120 cm³/mol. The number of amides is 2. The second-order valence-corrected chi connectivity index (χ2v) is 7.14. The standard InChI is InChI=1S/C24H17FN2O3S/c25-20-8-4-5-9-21(20)27-23(29)19(22(28)26-24(27)31)14-16-10-12-18(13-11-16)30-15-17-6-2-1-3-7-17/h1-14H,15H2,(H,26,28,31)/b19-14+. The molecule has 1 aliphatic rings. The van der Waals surface area contributed by atoms with E-state index >= 15 is 0 Å². The van der Waals surface area contributed by atoms with Gasteiger partial charge in [-0.3, -0.25) is 14.9 Å². The third-order valence-electron chi connectivity index (χ3n) is 4.63. The molecule has 4 rings (SSSR count). The number of halogens is 1. The topological polar surface area (TPSA) is 58.6 Å². The molecule has 31 heavy (non-hydrogen) atoms. The molecule has 154 valence electrons. The largest absolute Gasteiger partial charge is 0.489 e. The molecule has 3 aromatic rings. The minimum absolute atomic E-state index is 0.0203. The number of nitrogens with one attached hydrogen (secondary N) is 1. The summed E-state index contributed by atoms with van der Waals surface area (Å²) in [6.07, 6.45) is 1.44. The summed E-state index contributed by atoms with van der Waals surface area (Å²) in [5, 5.41) is 2.28. The van der Waals surface area contributed by atoms with Crippen LogP contribution in [0.1, 0.15) is 11.1 Å². The lowest BCUT2D eigenvalue weighted by molar-refractivity contribution is -0.122. The van der Waals surface area contributed by atoms with Crippen LogP contribution in [0.2, 0.25) is 0 Å². The van der Waals surface area contributed by atoms with E-state index in [2.05, 4.69) is 5.32 Å². The van der Waals surface area contributed by atoms with Crippen LogP contribution in [-0.4, -0.2) is 16.9 Å². The lowest BCUT2D eigenvalue weighted by atomic mass is 10.1. The van der Waals surface area contributed by atoms with Crippen LogP contribution >= 0.6 is 12.2 Å². The van der Waals surface area contributed by atoms with Crippen molar-refractivity contribution in [3.63, 3.8) is 0 Å². The van der Waals surface area contributed by atoms with Gasteiger partial charge in [-0.05, 0) is 53.7 Å². The summed E-state index contributed by atoms with van der Waals surface area (Å²) in [5.74, 6) is -1.29. The van der Waals surface area contributed by atoms with Gasteiger partial charge in [0.15, 0.2) is 5.11 Å². The zero-order valence-electron chi connectivity index (χ0n) is 16.2. The Kier molecular flexibility index (Phi) is 5.86. The van der Waals surface area contributed by atoms with Crippen LogP contribution in [0, 0.1) is 5.82 Å². The Morgan fingerprint density at radius 2 is 1.61 bits per heavy atom. The summed E-state index contributed by atoms with van der Waals surface area (Å²) in [4.78, 5) is 26.3. The lowest BCUT2D eigenvalue weighted by Gasteiger charge is -2.29. The summed E-state index contributed by atoms with van der Waals surface area (Å²) in [7, 11) is 0. The Balaban J connectivity index is 1.54. The number of hydrogen-bond donors (Lipinski definition) is 1. The smallest absolute Gasteiger partial charge is 0.270 e. The number of thiocarbonyl (C=S) groups is 1. The highest BCUT2D eigenvalue weighted by molar-refractivity contribution is 7.80. The number of carbonyl (C=O) groups is 2. The van der Waals surface area contributed by atoms with Gasteiger partial charge in [-0.25, -0.2) is 9.29 Å². The fraction of sp³-hybridized carbons (Fsp3) is 0.0417. The van der Waals surface area contributed by atoms with Crippen LogP contribution in [0.15, 0.2) is 84.4 Å². The molecule has 0 saturated carbocycles. The normalized spacial score (nSPS) is 15.2. The number of ether oxygens (including phenoxy) is 1. The molecule has 2 amide bonds. The molecule has 0 aliphatic carbocycles. The maximum atomic E-state index is 14.2. The highest BCUT2D eigenvalue weighted by atomic mass is 32.1. The van der Waals surface area contributed by atoms with Crippen molar-refractivity contribution in [2.75, 3.05) is 4.90 Å². The van der Waals surface area contributed by atoms with Gasteiger partial charge in [0.2, 0.25) is 0 Å². The van der Waals surface area contributed by atoms with Crippen LogP contribution in [0.3, 0.4) is 0 Å². The first kappa shape index (κ1) is 20.4. The molecule has 1 saturated heterocycles. The quantitative estimate of drug-likeness (QED) is 0.372. The zero-order chi connectivity index (χ0) is 21.8. The van der Waals surface area contributed by atoms with Crippen molar-refractivity contribution < 1.29 is 18.7 Å². The second-order valence-electron chi connectivity index (χ2n) is 6.75. The van der Waals surface area contributed by atoms with E-state index in [-0.39, 0.29) is 16.4 Å². The van der Waals surface area contributed by atoms with Gasteiger partial charge in [-0.2, -0.15) is 0 Å². The summed E-state index contributed by atoms with van der Waals surface area (Å²) < 4.78 is 20.0. The summed E-state index contributed by atoms with van der Waals surface area (Å²) >= 11 is 5.09. The summed E-state index contributed by atoms with van der Waals surface area (Å²) in [6, 6.07) is 22.5. The minimum Gasteiger partial charge on any atom is -0.489 e. The average molecular weight is 432 g/mol. The van der Waals surface area contributed by atoms with Crippen molar-refractivity contribution in [1.29, 1.82) is 0 Å². The fourth-order valence-corrected chi connectivity index (χ4v) is 3.35. The average Bonchev–Trinajstić information content (AvgIpc) is 2.78. The molecule has 0 aromatic heterocycles. The van der Waals surface area contributed by atoms with Gasteiger partial charge in [0.05, 0.1) is 5.69 Å². The number of carbonyl (C=O) groups excluding carboxylic acids is 2. The van der Waals surface area contributed by atoms with Crippen LogP contribution in [0.5, 0.6) is 5.75 Å². The van der Waals surface area contributed by atoms with Crippen molar-refractivity contribution in [3.8, 4) is 5.75 Å². The molecular formula is C24H17FN2O3S. The van der Waals surface area contributed by atoms with Crippen LogP contribution in [0.4, 0.5) is 10.1 Å². The number of rotatable bonds is 5. The van der Waals surface area contributed by atoms with E-state index in [1.807, 2.05) is 30.3 Å². The van der Waals surface area contributed by atoms with Gasteiger partial charge >= 0.3 is 0 Å². The third-order valence-corrected chi connectivity index (χ3v) is 4.92. The van der Waals surface area contributed by atoms with E-state index in [0.29, 0.717) is 17.9 Å². The summed E-state index contributed by atoms with van der Waals surface area (Å²) in [5.41, 5.74) is 1.50.